The van der Waals surface area contributed by atoms with Crippen LogP contribution in [0, 0.1) is 0 Å². The Bertz CT molecular complexity index is 473. The largest absolute Gasteiger partial charge is 0.480 e. The van der Waals surface area contributed by atoms with Crippen LogP contribution in [-0.2, 0) is 9.59 Å². The molecule has 0 saturated carbocycles. The first-order valence-electron chi connectivity index (χ1n) is 5.10. The van der Waals surface area contributed by atoms with Crippen molar-refractivity contribution in [2.24, 2.45) is 0 Å². The van der Waals surface area contributed by atoms with Crippen LogP contribution in [0.3, 0.4) is 0 Å². The number of carbonyl (C=O) groups excluding carboxylic acids is 1. The Hall–Kier alpha value is -1.85. The number of hydrogen-bond acceptors (Lipinski definition) is 3. The predicted molar refractivity (Wildman–Crippen MR) is 67.1 cm³/mol. The van der Waals surface area contributed by atoms with E-state index in [0.29, 0.717) is 10.6 Å². The quantitative estimate of drug-likeness (QED) is 0.694. The number of hydrogen-bond donors (Lipinski definition) is 3. The number of aliphatic hydroxyl groups excluding tert-OH is 1. The van der Waals surface area contributed by atoms with Crippen molar-refractivity contribution in [2.45, 2.75) is 6.04 Å². The molecule has 0 bridgehead atoms. The van der Waals surface area contributed by atoms with Gasteiger partial charge in [-0.05, 0) is 23.8 Å². The molecule has 1 amide bonds. The average molecular weight is 270 g/mol. The Kier molecular flexibility index (Phi) is 5.35. The summed E-state index contributed by atoms with van der Waals surface area (Å²) >= 11 is 5.76. The van der Waals surface area contributed by atoms with E-state index in [4.69, 9.17) is 21.8 Å². The van der Waals surface area contributed by atoms with Crippen LogP contribution in [0.25, 0.3) is 6.08 Å². The van der Waals surface area contributed by atoms with Gasteiger partial charge in [-0.15, -0.1) is 0 Å². The van der Waals surface area contributed by atoms with Gasteiger partial charge in [-0.2, -0.15) is 0 Å². The van der Waals surface area contributed by atoms with Crippen molar-refractivity contribution >= 4 is 29.6 Å². The van der Waals surface area contributed by atoms with Crippen LogP contribution in [0.2, 0.25) is 5.02 Å². The van der Waals surface area contributed by atoms with E-state index in [1.54, 1.807) is 24.3 Å². The summed E-state index contributed by atoms with van der Waals surface area (Å²) in [5.41, 5.74) is 0.716. The Balaban J connectivity index is 2.62. The lowest BCUT2D eigenvalue weighted by molar-refractivity contribution is -0.142. The number of halogens is 1. The monoisotopic (exact) mass is 269 g/mol. The Morgan fingerprint density at radius 2 is 2.17 bits per heavy atom. The number of aliphatic carboxylic acids is 1. The highest BCUT2D eigenvalue weighted by Crippen LogP contribution is 2.11. The summed E-state index contributed by atoms with van der Waals surface area (Å²) in [5.74, 6) is -1.89. The van der Waals surface area contributed by atoms with Gasteiger partial charge in [-0.25, -0.2) is 4.79 Å². The fraction of sp³-hybridized carbons (Fsp3) is 0.167. The van der Waals surface area contributed by atoms with Crippen molar-refractivity contribution < 1.29 is 19.8 Å². The van der Waals surface area contributed by atoms with E-state index in [9.17, 15) is 9.59 Å². The molecule has 3 N–H and O–H groups in total. The van der Waals surface area contributed by atoms with Crippen molar-refractivity contribution in [3.63, 3.8) is 0 Å². The third kappa shape index (κ3) is 4.57. The summed E-state index contributed by atoms with van der Waals surface area (Å²) in [5, 5.41) is 20.0. The van der Waals surface area contributed by atoms with E-state index in [2.05, 4.69) is 5.32 Å². The fourth-order valence-electron chi connectivity index (χ4n) is 1.19. The van der Waals surface area contributed by atoms with Crippen molar-refractivity contribution in [3.05, 3.63) is 40.9 Å². The molecule has 0 aliphatic rings. The number of aliphatic hydroxyl groups is 1. The molecule has 18 heavy (non-hydrogen) atoms. The van der Waals surface area contributed by atoms with E-state index in [-0.39, 0.29) is 0 Å². The maximum absolute atomic E-state index is 11.4. The summed E-state index contributed by atoms with van der Waals surface area (Å²) in [7, 11) is 0. The van der Waals surface area contributed by atoms with Crippen molar-refractivity contribution in [1.29, 1.82) is 0 Å². The van der Waals surface area contributed by atoms with E-state index >= 15 is 0 Å². The molecule has 0 aliphatic carbocycles. The molecule has 1 aromatic carbocycles. The second-order valence-electron chi connectivity index (χ2n) is 3.47. The van der Waals surface area contributed by atoms with Gasteiger partial charge in [-0.3, -0.25) is 4.79 Å². The highest BCUT2D eigenvalue weighted by molar-refractivity contribution is 6.30. The zero-order chi connectivity index (χ0) is 13.5. The number of rotatable bonds is 5. The topological polar surface area (TPSA) is 86.6 Å². The molecule has 0 aromatic heterocycles. The molecular formula is C12H12ClNO4. The standard InChI is InChI=1S/C12H12ClNO4/c13-9-3-1-2-8(6-9)4-5-11(16)14-10(7-15)12(17)18/h1-6,10,15H,7H2,(H,14,16)(H,17,18)/b5-4+/t10-/m0/s1. The van der Waals surface area contributed by atoms with E-state index in [0.717, 1.165) is 0 Å². The third-order valence-electron chi connectivity index (χ3n) is 2.07. The maximum Gasteiger partial charge on any atom is 0.328 e. The van der Waals surface area contributed by atoms with Gasteiger partial charge in [0, 0.05) is 11.1 Å². The Morgan fingerprint density at radius 1 is 1.44 bits per heavy atom. The van der Waals surface area contributed by atoms with Crippen LogP contribution in [0.4, 0.5) is 0 Å². The van der Waals surface area contributed by atoms with Crippen molar-refractivity contribution in [2.75, 3.05) is 6.61 Å². The molecule has 1 atom stereocenters. The summed E-state index contributed by atoms with van der Waals surface area (Å²) in [6, 6.07) is 5.53. The first-order chi connectivity index (χ1) is 8.52. The summed E-state index contributed by atoms with van der Waals surface area (Å²) in [4.78, 5) is 21.9. The summed E-state index contributed by atoms with van der Waals surface area (Å²) in [6.45, 7) is -0.661. The molecule has 5 nitrogen and oxygen atoms in total. The van der Waals surface area contributed by atoms with Crippen LogP contribution < -0.4 is 5.32 Å². The first kappa shape index (κ1) is 14.2. The lowest BCUT2D eigenvalue weighted by Gasteiger charge is -2.09. The first-order valence-corrected chi connectivity index (χ1v) is 5.48. The van der Waals surface area contributed by atoms with Crippen LogP contribution in [0.1, 0.15) is 5.56 Å². The number of carbonyl (C=O) groups is 2. The van der Waals surface area contributed by atoms with Crippen LogP contribution >= 0.6 is 11.6 Å². The molecule has 0 fully saturated rings. The van der Waals surface area contributed by atoms with E-state index < -0.39 is 24.5 Å². The lowest BCUT2D eigenvalue weighted by Crippen LogP contribution is -2.42. The molecule has 0 radical (unpaired) electrons. The van der Waals surface area contributed by atoms with Gasteiger partial charge in [0.05, 0.1) is 6.61 Å². The minimum atomic E-state index is -1.30. The van der Waals surface area contributed by atoms with Gasteiger partial charge in [-0.1, -0.05) is 23.7 Å². The highest BCUT2D eigenvalue weighted by atomic mass is 35.5. The molecular weight excluding hydrogens is 258 g/mol. The maximum atomic E-state index is 11.4. The van der Waals surface area contributed by atoms with E-state index in [1.807, 2.05) is 0 Å². The minimum absolute atomic E-state index is 0.538. The third-order valence-corrected chi connectivity index (χ3v) is 2.31. The molecule has 96 valence electrons. The van der Waals surface area contributed by atoms with Gasteiger partial charge in [0.15, 0.2) is 6.04 Å². The molecule has 1 aromatic rings. The molecule has 0 saturated heterocycles. The Labute approximate surface area is 109 Å². The second kappa shape index (κ2) is 6.78. The highest BCUT2D eigenvalue weighted by Gasteiger charge is 2.16. The smallest absolute Gasteiger partial charge is 0.328 e. The van der Waals surface area contributed by atoms with Crippen LogP contribution in [0.5, 0.6) is 0 Å². The van der Waals surface area contributed by atoms with Gasteiger partial charge in [0.1, 0.15) is 0 Å². The van der Waals surface area contributed by atoms with Crippen LogP contribution in [0.15, 0.2) is 30.3 Å². The minimum Gasteiger partial charge on any atom is -0.480 e. The number of nitrogens with one attached hydrogen (secondary N) is 1. The van der Waals surface area contributed by atoms with Gasteiger partial charge < -0.3 is 15.5 Å². The average Bonchev–Trinajstić information content (AvgIpc) is 2.33. The molecule has 0 spiro atoms. The van der Waals surface area contributed by atoms with Crippen molar-refractivity contribution in [3.8, 4) is 0 Å². The predicted octanol–water partition coefficient (Wildman–Crippen LogP) is 0.915. The van der Waals surface area contributed by atoms with Gasteiger partial charge in [0.2, 0.25) is 5.91 Å². The van der Waals surface area contributed by atoms with E-state index in [1.165, 1.54) is 12.2 Å². The normalized spacial score (nSPS) is 12.3. The summed E-state index contributed by atoms with van der Waals surface area (Å²) < 4.78 is 0. The van der Waals surface area contributed by atoms with Crippen molar-refractivity contribution in [1.82, 2.24) is 5.32 Å². The molecule has 1 rings (SSSR count). The zero-order valence-corrected chi connectivity index (χ0v) is 10.1. The fourth-order valence-corrected chi connectivity index (χ4v) is 1.39. The number of amides is 1. The number of benzene rings is 1. The van der Waals surface area contributed by atoms with Crippen LogP contribution in [-0.4, -0.2) is 34.7 Å². The van der Waals surface area contributed by atoms with Gasteiger partial charge in [0.25, 0.3) is 0 Å². The molecule has 0 heterocycles. The SMILES string of the molecule is O=C(/C=C/c1cccc(Cl)c1)N[C@@H](CO)C(=O)O. The van der Waals surface area contributed by atoms with Gasteiger partial charge >= 0.3 is 5.97 Å². The molecule has 0 aliphatic heterocycles. The zero-order valence-electron chi connectivity index (χ0n) is 9.34. The number of carboxylic acid groups (broad SMARTS) is 1. The lowest BCUT2D eigenvalue weighted by atomic mass is 10.2. The summed E-state index contributed by atoms with van der Waals surface area (Å²) in [6.07, 6.45) is 2.68. The molecule has 6 heteroatoms. The number of carboxylic acids is 1. The molecule has 0 unspecified atom stereocenters. The second-order valence-corrected chi connectivity index (χ2v) is 3.91. The Morgan fingerprint density at radius 3 is 2.72 bits per heavy atom.